The Kier molecular flexibility index (Phi) is 11.2. The first-order chi connectivity index (χ1) is 17.9. The summed E-state index contributed by atoms with van der Waals surface area (Å²) in [5.74, 6) is -2.21. The summed E-state index contributed by atoms with van der Waals surface area (Å²) in [7, 11) is 2.34. The highest BCUT2D eigenvalue weighted by Gasteiger charge is 2.51. The predicted molar refractivity (Wildman–Crippen MR) is 136 cm³/mol. The van der Waals surface area contributed by atoms with Gasteiger partial charge >= 0.3 is 30.1 Å². The second-order valence-corrected chi connectivity index (χ2v) is 10.5. The van der Waals surface area contributed by atoms with Gasteiger partial charge in [-0.25, -0.2) is 19.2 Å². The molecule has 2 rings (SSSR count). The van der Waals surface area contributed by atoms with Gasteiger partial charge in [0.05, 0.1) is 14.2 Å². The van der Waals surface area contributed by atoms with Crippen LogP contribution in [0.15, 0.2) is 30.3 Å². The molecule has 1 aliphatic heterocycles. The summed E-state index contributed by atoms with van der Waals surface area (Å²) in [6, 6.07) is 6.69. The average Bonchev–Trinajstić information content (AvgIpc) is 3.21. The van der Waals surface area contributed by atoms with Crippen molar-refractivity contribution in [3.8, 4) is 0 Å². The van der Waals surface area contributed by atoms with Crippen molar-refractivity contribution in [1.82, 2.24) is 10.2 Å². The molecule has 1 aromatic carbocycles. The van der Waals surface area contributed by atoms with E-state index < -0.39 is 59.3 Å². The molecule has 2 amide bonds. The molecular weight excluding hydrogens is 520 g/mol. The zero-order valence-corrected chi connectivity index (χ0v) is 23.1. The molecule has 0 radical (unpaired) electrons. The maximum absolute atomic E-state index is 13.1. The zero-order valence-electron chi connectivity index (χ0n) is 22.3. The van der Waals surface area contributed by atoms with Gasteiger partial charge in [0.1, 0.15) is 35.8 Å². The molecule has 1 fully saturated rings. The van der Waals surface area contributed by atoms with E-state index in [1.54, 1.807) is 45.0 Å². The van der Waals surface area contributed by atoms with Gasteiger partial charge in [0.2, 0.25) is 0 Å². The lowest BCUT2D eigenvalue weighted by molar-refractivity contribution is -0.148. The topological polar surface area (TPSA) is 147 Å². The first-order valence-electron chi connectivity index (χ1n) is 11.8. The van der Waals surface area contributed by atoms with Gasteiger partial charge in [0, 0.05) is 19.1 Å². The van der Waals surface area contributed by atoms with E-state index in [1.165, 1.54) is 14.0 Å². The molecule has 0 aromatic heterocycles. The number of esters is 3. The molecule has 0 spiro atoms. The second kappa shape index (κ2) is 13.9. The van der Waals surface area contributed by atoms with Crippen LogP contribution in [0.25, 0.3) is 0 Å². The Labute approximate surface area is 225 Å². The van der Waals surface area contributed by atoms with Gasteiger partial charge in [0.25, 0.3) is 0 Å². The minimum absolute atomic E-state index is 0.0158. The van der Waals surface area contributed by atoms with Crippen molar-refractivity contribution in [3.05, 3.63) is 35.9 Å². The number of thioether (sulfide) groups is 1. The minimum atomic E-state index is -1.18. The monoisotopic (exact) mass is 554 g/mol. The van der Waals surface area contributed by atoms with E-state index >= 15 is 0 Å². The Hall–Kier alpha value is -3.48. The van der Waals surface area contributed by atoms with Gasteiger partial charge in [-0.1, -0.05) is 30.3 Å². The molecule has 1 N–H and O–H groups in total. The first kappa shape index (κ1) is 30.7. The van der Waals surface area contributed by atoms with Crippen molar-refractivity contribution < 1.29 is 47.7 Å². The third kappa shape index (κ3) is 9.12. The van der Waals surface area contributed by atoms with E-state index in [4.69, 9.17) is 23.7 Å². The highest BCUT2D eigenvalue weighted by Crippen LogP contribution is 2.36. The Morgan fingerprint density at radius 2 is 1.74 bits per heavy atom. The van der Waals surface area contributed by atoms with Crippen LogP contribution in [-0.2, 0) is 44.7 Å². The summed E-state index contributed by atoms with van der Waals surface area (Å²) in [6.45, 7) is 6.18. The third-order valence-electron chi connectivity index (χ3n) is 5.20. The number of hydrogen-bond acceptors (Lipinski definition) is 11. The Morgan fingerprint density at radius 1 is 1.08 bits per heavy atom. The summed E-state index contributed by atoms with van der Waals surface area (Å²) in [5.41, 5.74) is -0.130. The van der Waals surface area contributed by atoms with Crippen LogP contribution in [0.4, 0.5) is 9.59 Å². The van der Waals surface area contributed by atoms with Crippen LogP contribution in [0, 0.1) is 0 Å². The van der Waals surface area contributed by atoms with Gasteiger partial charge < -0.3 is 29.0 Å². The molecule has 210 valence electrons. The number of nitrogens with zero attached hydrogens (tertiary/aromatic N) is 1. The molecule has 1 aliphatic rings. The molecule has 12 nitrogen and oxygen atoms in total. The number of nitrogens with one attached hydrogen (secondary N) is 1. The van der Waals surface area contributed by atoms with Gasteiger partial charge in [-0.15, -0.1) is 11.8 Å². The average molecular weight is 555 g/mol. The standard InChI is InChI=1S/C25H34N2O10S/c1-15(28)36-19-12-18(22(30)34-6)27(24(32)37-25(2,3)4)20(19)38-14-17(21(29)33-5)26-23(31)35-13-16-10-8-7-9-11-16/h7-11,17-20H,12-14H2,1-6H3,(H,26,31)/t17-,18-,19+,20+/m0/s1. The van der Waals surface area contributed by atoms with E-state index in [1.807, 2.05) is 6.07 Å². The van der Waals surface area contributed by atoms with Crippen molar-refractivity contribution in [3.63, 3.8) is 0 Å². The third-order valence-corrected chi connectivity index (χ3v) is 6.60. The largest absolute Gasteiger partial charge is 0.467 e. The van der Waals surface area contributed by atoms with E-state index in [2.05, 4.69) is 5.32 Å². The molecule has 38 heavy (non-hydrogen) atoms. The summed E-state index contributed by atoms with van der Waals surface area (Å²) >= 11 is 1.01. The number of alkyl carbamates (subject to hydrolysis) is 1. The van der Waals surface area contributed by atoms with Crippen LogP contribution in [-0.4, -0.2) is 84.1 Å². The maximum Gasteiger partial charge on any atom is 0.412 e. The fourth-order valence-electron chi connectivity index (χ4n) is 3.62. The van der Waals surface area contributed by atoms with Crippen LogP contribution in [0.3, 0.4) is 0 Å². The molecule has 0 saturated carbocycles. The number of methoxy groups -OCH3 is 2. The molecule has 0 unspecified atom stereocenters. The van der Waals surface area contributed by atoms with E-state index in [0.717, 1.165) is 29.3 Å². The van der Waals surface area contributed by atoms with Gasteiger partial charge in [-0.3, -0.25) is 9.69 Å². The zero-order chi connectivity index (χ0) is 28.5. The van der Waals surface area contributed by atoms with E-state index in [0.29, 0.717) is 0 Å². The Balaban J connectivity index is 2.22. The molecule has 0 bridgehead atoms. The fraction of sp³-hybridized carbons (Fsp3) is 0.560. The number of carbonyl (C=O) groups is 5. The smallest absolute Gasteiger partial charge is 0.412 e. The highest BCUT2D eigenvalue weighted by molar-refractivity contribution is 8.00. The van der Waals surface area contributed by atoms with Crippen molar-refractivity contribution in [2.75, 3.05) is 20.0 Å². The Bertz CT molecular complexity index is 998. The van der Waals surface area contributed by atoms with Crippen molar-refractivity contribution in [2.24, 2.45) is 0 Å². The molecular formula is C25H34N2O10S. The highest BCUT2D eigenvalue weighted by atomic mass is 32.2. The van der Waals surface area contributed by atoms with Crippen molar-refractivity contribution >= 4 is 41.9 Å². The van der Waals surface area contributed by atoms with Crippen LogP contribution in [0.1, 0.15) is 39.7 Å². The van der Waals surface area contributed by atoms with Crippen LogP contribution in [0.2, 0.25) is 0 Å². The number of likely N-dealkylation sites (tertiary alicyclic amines) is 1. The van der Waals surface area contributed by atoms with Gasteiger partial charge in [0.15, 0.2) is 0 Å². The number of carbonyl (C=O) groups excluding carboxylic acids is 5. The second-order valence-electron chi connectivity index (χ2n) is 9.32. The molecule has 1 heterocycles. The summed E-state index contributed by atoms with van der Waals surface area (Å²) in [4.78, 5) is 63.4. The lowest BCUT2D eigenvalue weighted by atomic mass is 10.2. The summed E-state index contributed by atoms with van der Waals surface area (Å²) in [6.07, 6.45) is -2.65. The van der Waals surface area contributed by atoms with Crippen molar-refractivity contribution in [1.29, 1.82) is 0 Å². The number of hydrogen-bond donors (Lipinski definition) is 1. The van der Waals surface area contributed by atoms with Crippen molar-refractivity contribution in [2.45, 2.75) is 69.9 Å². The number of benzene rings is 1. The Morgan fingerprint density at radius 3 is 2.29 bits per heavy atom. The lowest BCUT2D eigenvalue weighted by Gasteiger charge is -2.32. The van der Waals surface area contributed by atoms with Crippen LogP contribution in [0.5, 0.6) is 0 Å². The van der Waals surface area contributed by atoms with Crippen LogP contribution < -0.4 is 5.32 Å². The lowest BCUT2D eigenvalue weighted by Crippen LogP contribution is -2.49. The fourth-order valence-corrected chi connectivity index (χ4v) is 5.00. The number of ether oxygens (including phenoxy) is 5. The number of rotatable bonds is 9. The summed E-state index contributed by atoms with van der Waals surface area (Å²) in [5, 5.41) is 1.52. The quantitative estimate of drug-likeness (QED) is 0.355. The molecule has 0 aliphatic carbocycles. The van der Waals surface area contributed by atoms with Crippen LogP contribution >= 0.6 is 11.8 Å². The molecule has 1 aromatic rings. The normalized spacial score (nSPS) is 19.6. The maximum atomic E-state index is 13.1. The summed E-state index contributed by atoms with van der Waals surface area (Å²) < 4.78 is 25.8. The van der Waals surface area contributed by atoms with Gasteiger partial charge in [-0.05, 0) is 26.3 Å². The van der Waals surface area contributed by atoms with Gasteiger partial charge in [-0.2, -0.15) is 0 Å². The molecule has 13 heteroatoms. The molecule has 4 atom stereocenters. The van der Waals surface area contributed by atoms with E-state index in [9.17, 15) is 24.0 Å². The minimum Gasteiger partial charge on any atom is -0.467 e. The first-order valence-corrected chi connectivity index (χ1v) is 12.8. The van der Waals surface area contributed by atoms with E-state index in [-0.39, 0.29) is 18.8 Å². The predicted octanol–water partition coefficient (Wildman–Crippen LogP) is 2.63. The molecule has 1 saturated heterocycles. The number of amides is 2. The SMILES string of the molecule is COC(=O)[C@H](CS[C@@H]1[C@H](OC(C)=O)C[C@@H](C(=O)OC)N1C(=O)OC(C)(C)C)NC(=O)OCc1ccccc1.